The van der Waals surface area contributed by atoms with Crippen molar-refractivity contribution in [1.29, 1.82) is 0 Å². The van der Waals surface area contributed by atoms with Crippen molar-refractivity contribution in [2.45, 2.75) is 56.8 Å². The van der Waals surface area contributed by atoms with Crippen molar-refractivity contribution >= 4 is 5.69 Å². The Morgan fingerprint density at radius 3 is 2.62 bits per heavy atom. The number of nitrogens with one attached hydrogen (secondary N) is 1. The van der Waals surface area contributed by atoms with E-state index in [0.29, 0.717) is 0 Å². The van der Waals surface area contributed by atoms with Gasteiger partial charge >= 0.3 is 0 Å². The Labute approximate surface area is 143 Å². The van der Waals surface area contributed by atoms with E-state index < -0.39 is 11.3 Å². The van der Waals surface area contributed by atoms with Crippen molar-refractivity contribution in [2.24, 2.45) is 0 Å². The number of ether oxygens (including phenoxy) is 2. The van der Waals surface area contributed by atoms with Gasteiger partial charge in [0.25, 0.3) is 0 Å². The molecule has 1 saturated carbocycles. The highest BCUT2D eigenvalue weighted by Crippen LogP contribution is 2.61. The van der Waals surface area contributed by atoms with Crippen molar-refractivity contribution in [3.8, 4) is 11.5 Å². The monoisotopic (exact) mass is 321 g/mol. The molecule has 0 spiro atoms. The zero-order chi connectivity index (χ0) is 16.6. The number of fused-ring (bicyclic) bond motifs is 2. The van der Waals surface area contributed by atoms with Crippen molar-refractivity contribution in [3.63, 3.8) is 0 Å². The summed E-state index contributed by atoms with van der Waals surface area (Å²) in [5.41, 5.74) is 2.85. The van der Waals surface area contributed by atoms with Gasteiger partial charge in [-0.1, -0.05) is 45.0 Å². The van der Waals surface area contributed by atoms with Gasteiger partial charge in [-0.25, -0.2) is 0 Å². The fourth-order valence-corrected chi connectivity index (χ4v) is 4.53. The van der Waals surface area contributed by atoms with E-state index in [2.05, 4.69) is 68.6 Å². The molecule has 0 radical (unpaired) electrons. The van der Waals surface area contributed by atoms with Crippen LogP contribution in [-0.2, 0) is 11.0 Å². The molecule has 2 aromatic carbocycles. The van der Waals surface area contributed by atoms with E-state index >= 15 is 0 Å². The van der Waals surface area contributed by atoms with Crippen LogP contribution in [0.5, 0.6) is 11.5 Å². The third kappa shape index (κ3) is 1.62. The molecule has 1 aliphatic carbocycles. The summed E-state index contributed by atoms with van der Waals surface area (Å²) in [5, 5.41) is 3.64. The molecule has 3 heteroatoms. The van der Waals surface area contributed by atoms with E-state index in [4.69, 9.17) is 9.47 Å². The summed E-state index contributed by atoms with van der Waals surface area (Å²) < 4.78 is 13.3. The minimum atomic E-state index is -0.465. The average Bonchev–Trinajstić information content (AvgIpc) is 3.02. The van der Waals surface area contributed by atoms with Gasteiger partial charge < -0.3 is 14.8 Å². The van der Waals surface area contributed by atoms with Gasteiger partial charge in [-0.15, -0.1) is 0 Å². The third-order valence-corrected chi connectivity index (χ3v) is 5.79. The summed E-state index contributed by atoms with van der Waals surface area (Å²) in [7, 11) is 0. The van der Waals surface area contributed by atoms with Crippen LogP contribution in [0.15, 0.2) is 42.5 Å². The van der Waals surface area contributed by atoms with Gasteiger partial charge in [0.05, 0.1) is 0 Å². The molecule has 3 nitrogen and oxygen atoms in total. The Bertz CT molecular complexity index is 838. The standard InChI is InChI=1S/C21H23NO2/c1-19(2,3)14-9-10-17-18(13-14)23-20-11-6-12-21(20,24-17)22-16-8-5-4-7-15(16)20/h4-5,7-10,13,22H,6,11-12H2,1-3H3/t20-,21-/m0/s1. The highest BCUT2D eigenvalue weighted by Gasteiger charge is 2.67. The van der Waals surface area contributed by atoms with Gasteiger partial charge in [0.2, 0.25) is 5.72 Å². The Balaban J connectivity index is 1.68. The van der Waals surface area contributed by atoms with E-state index in [1.165, 1.54) is 11.1 Å². The van der Waals surface area contributed by atoms with Crippen LogP contribution in [0.4, 0.5) is 5.69 Å². The number of hydrogen-bond acceptors (Lipinski definition) is 3. The predicted octanol–water partition coefficient (Wildman–Crippen LogP) is 4.96. The molecule has 24 heavy (non-hydrogen) atoms. The van der Waals surface area contributed by atoms with Crippen LogP contribution in [0.1, 0.15) is 51.2 Å². The maximum atomic E-state index is 6.73. The molecule has 0 amide bonds. The second-order valence-corrected chi connectivity index (χ2v) is 8.29. The molecule has 124 valence electrons. The molecule has 2 aromatic rings. The van der Waals surface area contributed by atoms with Crippen molar-refractivity contribution < 1.29 is 9.47 Å². The molecule has 2 heterocycles. The van der Waals surface area contributed by atoms with Crippen molar-refractivity contribution in [3.05, 3.63) is 53.6 Å². The highest BCUT2D eigenvalue weighted by atomic mass is 16.6. The van der Waals surface area contributed by atoms with E-state index in [-0.39, 0.29) is 5.41 Å². The molecule has 5 rings (SSSR count). The first-order valence-corrected chi connectivity index (χ1v) is 8.84. The summed E-state index contributed by atoms with van der Waals surface area (Å²) in [6, 6.07) is 14.8. The fraction of sp³-hybridized carbons (Fsp3) is 0.429. The zero-order valence-electron chi connectivity index (χ0n) is 14.5. The normalized spacial score (nSPS) is 29.5. The quantitative estimate of drug-likeness (QED) is 0.744. The molecule has 1 N–H and O–H groups in total. The largest absolute Gasteiger partial charge is 0.472 e. The van der Waals surface area contributed by atoms with E-state index in [1.807, 2.05) is 0 Å². The first kappa shape index (κ1) is 14.2. The molecule has 0 unspecified atom stereocenters. The van der Waals surface area contributed by atoms with Crippen LogP contribution in [0, 0.1) is 0 Å². The Kier molecular flexibility index (Phi) is 2.53. The summed E-state index contributed by atoms with van der Waals surface area (Å²) in [6.45, 7) is 6.68. The molecule has 2 atom stereocenters. The first-order chi connectivity index (χ1) is 11.4. The zero-order valence-corrected chi connectivity index (χ0v) is 14.5. The van der Waals surface area contributed by atoms with E-state index in [0.717, 1.165) is 36.4 Å². The molecule has 1 fully saturated rings. The topological polar surface area (TPSA) is 30.5 Å². The number of anilines is 1. The summed E-state index contributed by atoms with van der Waals surface area (Å²) in [6.07, 6.45) is 3.04. The van der Waals surface area contributed by atoms with Crippen LogP contribution in [0.3, 0.4) is 0 Å². The Morgan fingerprint density at radius 1 is 0.958 bits per heavy atom. The second-order valence-electron chi connectivity index (χ2n) is 8.29. The molecule has 2 aliphatic heterocycles. The Hall–Kier alpha value is -2.16. The number of benzene rings is 2. The molecular weight excluding hydrogens is 298 g/mol. The first-order valence-electron chi connectivity index (χ1n) is 8.84. The molecule has 0 bridgehead atoms. The number of para-hydroxylation sites is 1. The molecule has 3 aliphatic rings. The average molecular weight is 321 g/mol. The van der Waals surface area contributed by atoms with Crippen LogP contribution in [0.2, 0.25) is 0 Å². The lowest BCUT2D eigenvalue weighted by atomic mass is 9.85. The van der Waals surface area contributed by atoms with Gasteiger partial charge in [-0.3, -0.25) is 0 Å². The van der Waals surface area contributed by atoms with Crippen LogP contribution >= 0.6 is 0 Å². The molecule has 0 aromatic heterocycles. The summed E-state index contributed by atoms with van der Waals surface area (Å²) in [5.74, 6) is 1.72. The molecular formula is C21H23NO2. The SMILES string of the molecule is CC(C)(C)c1ccc2c(c1)O[C@]13CCC[C@]1(Nc1ccccc13)O2. The number of rotatable bonds is 0. The highest BCUT2D eigenvalue weighted by molar-refractivity contribution is 5.66. The van der Waals surface area contributed by atoms with Gasteiger partial charge in [0, 0.05) is 17.7 Å². The lowest BCUT2D eigenvalue weighted by Crippen LogP contribution is -2.58. The van der Waals surface area contributed by atoms with E-state index in [1.54, 1.807) is 0 Å². The predicted molar refractivity (Wildman–Crippen MR) is 94.7 cm³/mol. The summed E-state index contributed by atoms with van der Waals surface area (Å²) >= 11 is 0. The molecule has 0 saturated heterocycles. The minimum Gasteiger partial charge on any atom is -0.472 e. The maximum Gasteiger partial charge on any atom is 0.225 e. The van der Waals surface area contributed by atoms with Crippen LogP contribution < -0.4 is 14.8 Å². The van der Waals surface area contributed by atoms with Gasteiger partial charge in [0.1, 0.15) is 0 Å². The van der Waals surface area contributed by atoms with Gasteiger partial charge in [-0.05, 0) is 42.0 Å². The second kappa shape index (κ2) is 4.27. The van der Waals surface area contributed by atoms with Crippen molar-refractivity contribution in [2.75, 3.05) is 5.32 Å². The van der Waals surface area contributed by atoms with Gasteiger partial charge in [-0.2, -0.15) is 0 Å². The fourth-order valence-electron chi connectivity index (χ4n) is 4.53. The van der Waals surface area contributed by atoms with Crippen LogP contribution in [-0.4, -0.2) is 5.72 Å². The smallest absolute Gasteiger partial charge is 0.225 e. The van der Waals surface area contributed by atoms with Gasteiger partial charge in [0.15, 0.2) is 17.1 Å². The number of hydrogen-bond donors (Lipinski definition) is 1. The minimum absolute atomic E-state index is 0.0894. The maximum absolute atomic E-state index is 6.73. The lowest BCUT2D eigenvalue weighted by Gasteiger charge is -2.45. The lowest BCUT2D eigenvalue weighted by molar-refractivity contribution is -0.101. The Morgan fingerprint density at radius 2 is 1.79 bits per heavy atom. The third-order valence-electron chi connectivity index (χ3n) is 5.79. The van der Waals surface area contributed by atoms with E-state index in [9.17, 15) is 0 Å². The summed E-state index contributed by atoms with van der Waals surface area (Å²) in [4.78, 5) is 0. The van der Waals surface area contributed by atoms with Crippen molar-refractivity contribution in [1.82, 2.24) is 0 Å². The van der Waals surface area contributed by atoms with Crippen LogP contribution in [0.25, 0.3) is 0 Å².